The highest BCUT2D eigenvalue weighted by Gasteiger charge is 2.20. The number of nitrogens with zero attached hydrogens (tertiary/aromatic N) is 3. The van der Waals surface area contributed by atoms with Gasteiger partial charge >= 0.3 is 11.8 Å². The van der Waals surface area contributed by atoms with Crippen LogP contribution in [0.3, 0.4) is 0 Å². The Morgan fingerprint density at radius 2 is 2.26 bits per heavy atom. The number of nitrogens with two attached hydrogens (primary N) is 1. The van der Waals surface area contributed by atoms with Crippen LogP contribution in [0.5, 0.6) is 0 Å². The monoisotopic (exact) mass is 264 g/mol. The Morgan fingerprint density at radius 3 is 2.84 bits per heavy atom. The fourth-order valence-electron chi connectivity index (χ4n) is 1.89. The van der Waals surface area contributed by atoms with Crippen molar-refractivity contribution < 1.29 is 14.8 Å². The first-order chi connectivity index (χ1) is 8.99. The van der Waals surface area contributed by atoms with Gasteiger partial charge in [-0.1, -0.05) is 6.08 Å². The second-order valence-corrected chi connectivity index (χ2v) is 4.08. The number of hydrogen-bond acceptors (Lipinski definition) is 5. The van der Waals surface area contributed by atoms with E-state index in [0.29, 0.717) is 24.2 Å². The van der Waals surface area contributed by atoms with Gasteiger partial charge in [-0.15, -0.1) is 0 Å². The van der Waals surface area contributed by atoms with Crippen molar-refractivity contribution in [1.82, 2.24) is 9.88 Å². The zero-order chi connectivity index (χ0) is 14.0. The van der Waals surface area contributed by atoms with Gasteiger partial charge in [0.15, 0.2) is 0 Å². The van der Waals surface area contributed by atoms with E-state index in [9.17, 15) is 14.9 Å². The van der Waals surface area contributed by atoms with Gasteiger partial charge in [0.05, 0.1) is 17.2 Å². The molecule has 0 spiro atoms. The van der Waals surface area contributed by atoms with E-state index in [4.69, 9.17) is 10.8 Å². The van der Waals surface area contributed by atoms with Gasteiger partial charge in [0.2, 0.25) is 5.82 Å². The first-order valence-electron chi connectivity index (χ1n) is 5.57. The molecule has 1 aromatic rings. The molecule has 0 aliphatic carbocycles. The lowest BCUT2D eigenvalue weighted by atomic mass is 10.1. The number of nitro groups is 1. The van der Waals surface area contributed by atoms with Crippen LogP contribution in [0.25, 0.3) is 5.57 Å². The summed E-state index contributed by atoms with van der Waals surface area (Å²) in [6.45, 7) is 0.640. The number of rotatable bonds is 2. The summed E-state index contributed by atoms with van der Waals surface area (Å²) >= 11 is 0. The number of hydrogen-bond donors (Lipinski definition) is 2. The predicted octanol–water partition coefficient (Wildman–Crippen LogP) is 1.34. The topological polar surface area (TPSA) is 123 Å². The molecule has 100 valence electrons. The lowest BCUT2D eigenvalue weighted by molar-refractivity contribution is -0.384. The van der Waals surface area contributed by atoms with E-state index in [-0.39, 0.29) is 18.1 Å². The van der Waals surface area contributed by atoms with Crippen molar-refractivity contribution in [3.8, 4) is 0 Å². The molecule has 1 aliphatic heterocycles. The average Bonchev–Trinajstić information content (AvgIpc) is 2.38. The fourth-order valence-corrected chi connectivity index (χ4v) is 1.89. The lowest BCUT2D eigenvalue weighted by Crippen LogP contribution is -2.34. The maximum Gasteiger partial charge on any atom is 0.407 e. The standard InChI is InChI=1S/C11H12N4O4/c12-10-9(15(18)19)4-3-8(13-10)7-2-1-5-14(6-7)11(16)17/h2-4H,1,5-6H2,(H2,12,13)(H,16,17). The molecule has 0 saturated heterocycles. The van der Waals surface area contributed by atoms with E-state index >= 15 is 0 Å². The highest BCUT2D eigenvalue weighted by Crippen LogP contribution is 2.24. The zero-order valence-electron chi connectivity index (χ0n) is 9.94. The van der Waals surface area contributed by atoms with Crippen LogP contribution in [0, 0.1) is 10.1 Å². The number of amides is 1. The smallest absolute Gasteiger partial charge is 0.407 e. The summed E-state index contributed by atoms with van der Waals surface area (Å²) in [5, 5.41) is 19.6. The molecule has 2 rings (SSSR count). The molecule has 1 aliphatic rings. The van der Waals surface area contributed by atoms with E-state index in [1.54, 1.807) is 0 Å². The van der Waals surface area contributed by atoms with Crippen molar-refractivity contribution in [3.63, 3.8) is 0 Å². The number of nitrogen functional groups attached to an aromatic ring is 1. The van der Waals surface area contributed by atoms with E-state index in [1.807, 2.05) is 6.08 Å². The van der Waals surface area contributed by atoms with Crippen molar-refractivity contribution in [3.05, 3.63) is 34.0 Å². The lowest BCUT2D eigenvalue weighted by Gasteiger charge is -2.24. The molecule has 1 aromatic heterocycles. The van der Waals surface area contributed by atoms with Gasteiger partial charge in [0.1, 0.15) is 0 Å². The van der Waals surface area contributed by atoms with Crippen molar-refractivity contribution >= 4 is 23.2 Å². The summed E-state index contributed by atoms with van der Waals surface area (Å²) in [4.78, 5) is 26.2. The van der Waals surface area contributed by atoms with Gasteiger partial charge in [-0.25, -0.2) is 9.78 Å². The Balaban J connectivity index is 2.28. The molecule has 8 heteroatoms. The third-order valence-corrected chi connectivity index (χ3v) is 2.85. The quantitative estimate of drug-likeness (QED) is 0.613. The first kappa shape index (κ1) is 12.8. The summed E-state index contributed by atoms with van der Waals surface area (Å²) < 4.78 is 0. The molecule has 0 unspecified atom stereocenters. The molecule has 19 heavy (non-hydrogen) atoms. The van der Waals surface area contributed by atoms with Gasteiger partial charge in [-0.3, -0.25) is 10.1 Å². The summed E-state index contributed by atoms with van der Waals surface area (Å²) in [5.41, 5.74) is 6.43. The molecule has 0 fully saturated rings. The second-order valence-electron chi connectivity index (χ2n) is 4.08. The molecule has 0 radical (unpaired) electrons. The highest BCUT2D eigenvalue weighted by molar-refractivity contribution is 5.74. The average molecular weight is 264 g/mol. The van der Waals surface area contributed by atoms with Gasteiger partial charge in [0, 0.05) is 12.6 Å². The summed E-state index contributed by atoms with van der Waals surface area (Å²) in [6, 6.07) is 2.75. The second kappa shape index (κ2) is 4.92. The maximum absolute atomic E-state index is 10.9. The molecule has 2 heterocycles. The Morgan fingerprint density at radius 1 is 1.53 bits per heavy atom. The minimum Gasteiger partial charge on any atom is -0.465 e. The highest BCUT2D eigenvalue weighted by atomic mass is 16.6. The molecular formula is C11H12N4O4. The third kappa shape index (κ3) is 2.62. The van der Waals surface area contributed by atoms with Crippen LogP contribution in [0.2, 0.25) is 0 Å². The summed E-state index contributed by atoms with van der Waals surface area (Å²) in [5.74, 6) is -0.171. The van der Waals surface area contributed by atoms with Gasteiger partial charge in [-0.05, 0) is 18.1 Å². The molecule has 0 atom stereocenters. The summed E-state index contributed by atoms with van der Waals surface area (Å²) in [7, 11) is 0. The molecular weight excluding hydrogens is 252 g/mol. The maximum atomic E-state index is 10.9. The van der Waals surface area contributed by atoms with Crippen LogP contribution in [0.1, 0.15) is 12.1 Å². The fraction of sp³-hybridized carbons (Fsp3) is 0.273. The molecule has 0 aromatic carbocycles. The third-order valence-electron chi connectivity index (χ3n) is 2.85. The Kier molecular flexibility index (Phi) is 3.32. The normalized spacial score (nSPS) is 14.9. The van der Waals surface area contributed by atoms with Crippen LogP contribution in [-0.4, -0.2) is 39.1 Å². The van der Waals surface area contributed by atoms with Gasteiger partial charge < -0.3 is 15.7 Å². The van der Waals surface area contributed by atoms with Crippen molar-refractivity contribution in [1.29, 1.82) is 0 Å². The van der Waals surface area contributed by atoms with Gasteiger partial charge in [-0.2, -0.15) is 0 Å². The van der Waals surface area contributed by atoms with E-state index in [1.165, 1.54) is 17.0 Å². The Bertz CT molecular complexity index is 570. The van der Waals surface area contributed by atoms with Crippen molar-refractivity contribution in [2.75, 3.05) is 18.8 Å². The largest absolute Gasteiger partial charge is 0.465 e. The number of carbonyl (C=O) groups is 1. The Hall–Kier alpha value is -2.64. The molecule has 3 N–H and O–H groups in total. The number of aromatic nitrogens is 1. The number of anilines is 1. The van der Waals surface area contributed by atoms with Crippen LogP contribution in [-0.2, 0) is 0 Å². The van der Waals surface area contributed by atoms with E-state index in [2.05, 4.69) is 4.98 Å². The molecule has 0 bridgehead atoms. The minimum absolute atomic E-state index is 0.171. The predicted molar refractivity (Wildman–Crippen MR) is 67.5 cm³/mol. The number of pyridine rings is 1. The first-order valence-corrected chi connectivity index (χ1v) is 5.57. The number of carboxylic acid groups (broad SMARTS) is 1. The Labute approximate surface area is 108 Å². The molecule has 8 nitrogen and oxygen atoms in total. The van der Waals surface area contributed by atoms with Crippen molar-refractivity contribution in [2.24, 2.45) is 0 Å². The van der Waals surface area contributed by atoms with Crippen molar-refractivity contribution in [2.45, 2.75) is 6.42 Å². The summed E-state index contributed by atoms with van der Waals surface area (Å²) in [6.07, 6.45) is 1.45. The van der Waals surface area contributed by atoms with E-state index in [0.717, 1.165) is 0 Å². The van der Waals surface area contributed by atoms with Gasteiger partial charge in [0.25, 0.3) is 0 Å². The molecule has 1 amide bonds. The van der Waals surface area contributed by atoms with Crippen LogP contribution in [0.4, 0.5) is 16.3 Å². The van der Waals surface area contributed by atoms with Crippen LogP contribution >= 0.6 is 0 Å². The SMILES string of the molecule is Nc1nc(C2=CCCN(C(=O)O)C2)ccc1[N+](=O)[O-]. The van der Waals surface area contributed by atoms with Crippen LogP contribution in [0.15, 0.2) is 18.2 Å². The minimum atomic E-state index is -1.000. The molecule has 0 saturated carbocycles. The van der Waals surface area contributed by atoms with E-state index < -0.39 is 11.0 Å². The zero-order valence-corrected chi connectivity index (χ0v) is 9.94. The van der Waals surface area contributed by atoms with Crippen LogP contribution < -0.4 is 5.73 Å².